The summed E-state index contributed by atoms with van der Waals surface area (Å²) >= 11 is 3.01. The Morgan fingerprint density at radius 3 is 2.41 bits per heavy atom. The summed E-state index contributed by atoms with van der Waals surface area (Å²) in [6.45, 7) is 0.558. The summed E-state index contributed by atoms with van der Waals surface area (Å²) in [4.78, 5) is 25.2. The Morgan fingerprint density at radius 1 is 1.03 bits per heavy atom. The molecule has 2 amide bonds. The van der Waals surface area contributed by atoms with Gasteiger partial charge in [0.1, 0.15) is 0 Å². The van der Waals surface area contributed by atoms with Gasteiger partial charge >= 0.3 is 0 Å². The van der Waals surface area contributed by atoms with Crippen molar-refractivity contribution in [3.05, 3.63) is 35.9 Å². The second-order valence-corrected chi connectivity index (χ2v) is 12.0. The molecule has 4 bridgehead atoms. The SMILES string of the molecule is O=C(CCCNC(=O)C12CC3CC(CC(C3)C1)C2)Nc1nnc(SCc2ccccc2)s1. The number of hydrogen-bond acceptors (Lipinski definition) is 6. The first kappa shape index (κ1) is 21.9. The second-order valence-electron chi connectivity index (χ2n) is 9.75. The van der Waals surface area contributed by atoms with Gasteiger partial charge in [-0.1, -0.05) is 53.4 Å². The normalized spacial score (nSPS) is 27.9. The van der Waals surface area contributed by atoms with E-state index in [1.54, 1.807) is 11.8 Å². The molecule has 2 N–H and O–H groups in total. The Balaban J connectivity index is 1.02. The van der Waals surface area contributed by atoms with Crippen molar-refractivity contribution in [3.63, 3.8) is 0 Å². The van der Waals surface area contributed by atoms with Gasteiger partial charge in [-0.2, -0.15) is 0 Å². The molecule has 4 aliphatic rings. The first-order chi connectivity index (χ1) is 15.6. The molecule has 0 radical (unpaired) electrons. The average molecular weight is 471 g/mol. The molecule has 32 heavy (non-hydrogen) atoms. The summed E-state index contributed by atoms with van der Waals surface area (Å²) < 4.78 is 0.840. The van der Waals surface area contributed by atoms with Crippen LogP contribution in [0.1, 0.15) is 56.9 Å². The number of amides is 2. The zero-order valence-corrected chi connectivity index (χ0v) is 19.9. The number of thioether (sulfide) groups is 1. The maximum atomic E-state index is 13.0. The van der Waals surface area contributed by atoms with Gasteiger partial charge in [0.2, 0.25) is 16.9 Å². The van der Waals surface area contributed by atoms with E-state index in [2.05, 4.69) is 33.0 Å². The molecule has 4 saturated carbocycles. The van der Waals surface area contributed by atoms with Gasteiger partial charge in [-0.15, -0.1) is 10.2 Å². The van der Waals surface area contributed by atoms with Crippen LogP contribution in [0.4, 0.5) is 5.13 Å². The van der Waals surface area contributed by atoms with Crippen LogP contribution in [0.2, 0.25) is 0 Å². The molecule has 170 valence electrons. The third kappa shape index (κ3) is 5.01. The molecular weight excluding hydrogens is 440 g/mol. The van der Waals surface area contributed by atoms with Gasteiger partial charge in [-0.25, -0.2) is 0 Å². The largest absolute Gasteiger partial charge is 0.356 e. The number of carbonyl (C=O) groups is 2. The Morgan fingerprint density at radius 2 is 1.72 bits per heavy atom. The fourth-order valence-corrected chi connectivity index (χ4v) is 7.97. The van der Waals surface area contributed by atoms with Crippen molar-refractivity contribution >= 4 is 40.0 Å². The summed E-state index contributed by atoms with van der Waals surface area (Å²) in [5.74, 6) is 3.28. The van der Waals surface area contributed by atoms with Gasteiger partial charge in [-0.05, 0) is 68.3 Å². The lowest BCUT2D eigenvalue weighted by Gasteiger charge is -2.55. The van der Waals surface area contributed by atoms with Crippen molar-refractivity contribution in [3.8, 4) is 0 Å². The number of nitrogens with one attached hydrogen (secondary N) is 2. The van der Waals surface area contributed by atoms with Crippen molar-refractivity contribution in [1.82, 2.24) is 15.5 Å². The van der Waals surface area contributed by atoms with Gasteiger partial charge in [0, 0.05) is 24.1 Å². The Kier molecular flexibility index (Phi) is 6.51. The summed E-state index contributed by atoms with van der Waals surface area (Å²) in [5.41, 5.74) is 1.12. The Bertz CT molecular complexity index is 927. The quantitative estimate of drug-likeness (QED) is 0.310. The van der Waals surface area contributed by atoms with Crippen LogP contribution in [0.5, 0.6) is 0 Å². The van der Waals surface area contributed by atoms with Crippen LogP contribution < -0.4 is 10.6 Å². The van der Waals surface area contributed by atoms with Crippen LogP contribution in [0.25, 0.3) is 0 Å². The van der Waals surface area contributed by atoms with Crippen LogP contribution in [-0.4, -0.2) is 28.6 Å². The Hall–Kier alpha value is -1.93. The van der Waals surface area contributed by atoms with E-state index in [1.807, 2.05) is 18.2 Å². The molecule has 4 fully saturated rings. The van der Waals surface area contributed by atoms with Crippen molar-refractivity contribution in [1.29, 1.82) is 0 Å². The number of anilines is 1. The molecule has 6 nitrogen and oxygen atoms in total. The monoisotopic (exact) mass is 470 g/mol. The molecule has 0 spiro atoms. The molecule has 0 aliphatic heterocycles. The maximum Gasteiger partial charge on any atom is 0.226 e. The highest BCUT2D eigenvalue weighted by molar-refractivity contribution is 8.00. The van der Waals surface area contributed by atoms with Gasteiger partial charge in [0.25, 0.3) is 0 Å². The molecule has 4 aliphatic carbocycles. The minimum Gasteiger partial charge on any atom is -0.356 e. The number of nitrogens with zero attached hydrogens (tertiary/aromatic N) is 2. The fraction of sp³-hybridized carbons (Fsp3) is 0.583. The zero-order chi connectivity index (χ0) is 22.0. The molecule has 1 aromatic carbocycles. The lowest BCUT2D eigenvalue weighted by atomic mass is 9.49. The maximum absolute atomic E-state index is 13.0. The van der Waals surface area contributed by atoms with E-state index in [1.165, 1.54) is 36.2 Å². The Labute approximate surface area is 197 Å². The van der Waals surface area contributed by atoms with Crippen molar-refractivity contribution in [2.45, 2.75) is 61.5 Å². The standard InChI is InChI=1S/C24H30N4O2S2/c29-20(26-22-27-28-23(32-22)31-15-16-5-2-1-3-6-16)7-4-8-25-21(30)24-12-17-9-18(13-24)11-19(10-17)14-24/h1-3,5-6,17-19H,4,7-15H2,(H,25,30)(H,26,27,29). The van der Waals surface area contributed by atoms with E-state index >= 15 is 0 Å². The molecule has 0 unspecified atom stereocenters. The van der Waals surface area contributed by atoms with Crippen LogP contribution in [0, 0.1) is 23.2 Å². The van der Waals surface area contributed by atoms with Crippen molar-refractivity contribution in [2.75, 3.05) is 11.9 Å². The first-order valence-corrected chi connectivity index (χ1v) is 13.5. The molecule has 0 atom stereocenters. The van der Waals surface area contributed by atoms with Crippen LogP contribution in [0.3, 0.4) is 0 Å². The van der Waals surface area contributed by atoms with E-state index in [9.17, 15) is 9.59 Å². The van der Waals surface area contributed by atoms with E-state index in [4.69, 9.17) is 0 Å². The number of rotatable bonds is 9. The van der Waals surface area contributed by atoms with Crippen molar-refractivity contribution in [2.24, 2.45) is 23.2 Å². The second kappa shape index (κ2) is 9.51. The van der Waals surface area contributed by atoms with E-state index in [0.717, 1.165) is 47.1 Å². The van der Waals surface area contributed by atoms with Crippen LogP contribution in [-0.2, 0) is 15.3 Å². The number of hydrogen-bond donors (Lipinski definition) is 2. The van der Waals surface area contributed by atoms with E-state index in [0.29, 0.717) is 24.5 Å². The highest BCUT2D eigenvalue weighted by Gasteiger charge is 2.54. The topological polar surface area (TPSA) is 84.0 Å². The van der Waals surface area contributed by atoms with Crippen LogP contribution >= 0.6 is 23.1 Å². The van der Waals surface area contributed by atoms with Crippen LogP contribution in [0.15, 0.2) is 34.7 Å². The minimum atomic E-state index is -0.114. The molecular formula is C24H30N4O2S2. The van der Waals surface area contributed by atoms with E-state index < -0.39 is 0 Å². The molecule has 2 aromatic rings. The van der Waals surface area contributed by atoms with Gasteiger partial charge in [0.05, 0.1) is 0 Å². The summed E-state index contributed by atoms with van der Waals surface area (Å²) in [6, 6.07) is 10.2. The third-order valence-corrected chi connectivity index (χ3v) is 9.29. The molecule has 0 saturated heterocycles. The third-order valence-electron chi connectivity index (χ3n) is 7.24. The van der Waals surface area contributed by atoms with Gasteiger partial charge in [0.15, 0.2) is 4.34 Å². The lowest BCUT2D eigenvalue weighted by Crippen LogP contribution is -2.53. The molecule has 8 heteroatoms. The molecule has 6 rings (SSSR count). The highest BCUT2D eigenvalue weighted by Crippen LogP contribution is 2.60. The number of carbonyl (C=O) groups excluding carboxylic acids is 2. The summed E-state index contributed by atoms with van der Waals surface area (Å²) in [7, 11) is 0. The predicted molar refractivity (Wildman–Crippen MR) is 127 cm³/mol. The van der Waals surface area contributed by atoms with Gasteiger partial charge < -0.3 is 10.6 Å². The molecule has 1 heterocycles. The predicted octanol–water partition coefficient (Wildman–Crippen LogP) is 4.88. The fourth-order valence-electron chi connectivity index (χ4n) is 6.25. The number of benzene rings is 1. The summed E-state index contributed by atoms with van der Waals surface area (Å²) in [6.07, 6.45) is 8.25. The first-order valence-electron chi connectivity index (χ1n) is 11.7. The highest BCUT2D eigenvalue weighted by atomic mass is 32.2. The lowest BCUT2D eigenvalue weighted by molar-refractivity contribution is -0.146. The average Bonchev–Trinajstić information content (AvgIpc) is 3.22. The minimum absolute atomic E-state index is 0.0789. The zero-order valence-electron chi connectivity index (χ0n) is 18.2. The molecule has 1 aromatic heterocycles. The van der Waals surface area contributed by atoms with Gasteiger partial charge in [-0.3, -0.25) is 9.59 Å². The summed E-state index contributed by atoms with van der Waals surface area (Å²) in [5, 5.41) is 14.7. The van der Waals surface area contributed by atoms with Crippen molar-refractivity contribution < 1.29 is 9.59 Å². The number of aromatic nitrogens is 2. The smallest absolute Gasteiger partial charge is 0.226 e. The van der Waals surface area contributed by atoms with E-state index in [-0.39, 0.29) is 17.2 Å².